The second-order valence-electron chi connectivity index (χ2n) is 10.2. The van der Waals surface area contributed by atoms with Crippen molar-refractivity contribution in [3.63, 3.8) is 0 Å². The lowest BCUT2D eigenvalue weighted by atomic mass is 10.0. The Morgan fingerprint density at radius 1 is 0.429 bits per heavy atom. The minimum Gasteiger partial charge on any atom is -0.309 e. The van der Waals surface area contributed by atoms with Crippen molar-refractivity contribution in [2.24, 2.45) is 0 Å². The summed E-state index contributed by atoms with van der Waals surface area (Å²) < 4.78 is 2.31. The minimum absolute atomic E-state index is 0.607. The molecule has 5 heteroatoms. The monoisotopic (exact) mass is 558 g/mol. The van der Waals surface area contributed by atoms with E-state index in [0.717, 1.165) is 55.0 Å². The normalized spacial score (nSPS) is 11.5. The van der Waals surface area contributed by atoms with E-state index in [0.29, 0.717) is 22.5 Å². The molecule has 0 fully saturated rings. The molecule has 0 saturated carbocycles. The number of para-hydroxylation sites is 2. The number of benzene rings is 6. The van der Waals surface area contributed by atoms with Crippen molar-refractivity contribution < 1.29 is 0 Å². The van der Waals surface area contributed by atoms with Crippen LogP contribution in [0.15, 0.2) is 140 Å². The van der Waals surface area contributed by atoms with Crippen LogP contribution in [0.4, 0.5) is 0 Å². The van der Waals surface area contributed by atoms with Gasteiger partial charge in [0.05, 0.1) is 11.0 Å². The molecule has 2 aromatic heterocycles. The van der Waals surface area contributed by atoms with Gasteiger partial charge in [-0.25, -0.2) is 15.0 Å². The summed E-state index contributed by atoms with van der Waals surface area (Å²) in [6.45, 7) is 0. The summed E-state index contributed by atoms with van der Waals surface area (Å²) in [4.78, 5) is 15.2. The van der Waals surface area contributed by atoms with Crippen LogP contribution in [0.5, 0.6) is 0 Å². The molecule has 42 heavy (non-hydrogen) atoms. The van der Waals surface area contributed by atoms with E-state index in [-0.39, 0.29) is 0 Å². The van der Waals surface area contributed by atoms with Gasteiger partial charge in [-0.05, 0) is 41.8 Å². The van der Waals surface area contributed by atoms with Crippen LogP contribution < -0.4 is 0 Å². The van der Waals surface area contributed by atoms with E-state index in [1.165, 1.54) is 0 Å². The number of halogens is 1. The van der Waals surface area contributed by atoms with Crippen LogP contribution in [0.1, 0.15) is 0 Å². The first-order valence-electron chi connectivity index (χ1n) is 13.8. The Morgan fingerprint density at radius 2 is 1.02 bits per heavy atom. The van der Waals surface area contributed by atoms with Gasteiger partial charge in [0.1, 0.15) is 0 Å². The van der Waals surface area contributed by atoms with Gasteiger partial charge >= 0.3 is 0 Å². The van der Waals surface area contributed by atoms with Gasteiger partial charge in [0, 0.05) is 43.6 Å². The third-order valence-corrected chi connectivity index (χ3v) is 8.06. The average molecular weight is 559 g/mol. The van der Waals surface area contributed by atoms with E-state index < -0.39 is 0 Å². The highest BCUT2D eigenvalue weighted by Gasteiger charge is 2.20. The molecule has 0 saturated heterocycles. The first kappa shape index (κ1) is 24.5. The van der Waals surface area contributed by atoms with E-state index in [9.17, 15) is 0 Å². The first-order chi connectivity index (χ1) is 20.8. The molecule has 0 spiro atoms. The predicted octanol–water partition coefficient (Wildman–Crippen LogP) is 9.78. The zero-order valence-electron chi connectivity index (χ0n) is 22.4. The molecule has 2 heterocycles. The van der Waals surface area contributed by atoms with Crippen molar-refractivity contribution in [1.82, 2.24) is 19.5 Å². The third kappa shape index (κ3) is 3.96. The standard InChI is InChI=1S/C37H23ClN4/c38-31-23-22-28(26-16-7-8-17-27(26)31)36-39-35(24-12-3-1-4-13-24)40-37(41-36)30-19-11-21-33-34(30)29-18-9-10-20-32(29)42(33)25-14-5-2-6-15-25/h1-23H. The maximum Gasteiger partial charge on any atom is 0.164 e. The Labute approximate surface area is 247 Å². The van der Waals surface area contributed by atoms with Crippen LogP contribution >= 0.6 is 11.6 Å². The summed E-state index contributed by atoms with van der Waals surface area (Å²) in [5.74, 6) is 1.86. The quantitative estimate of drug-likeness (QED) is 0.216. The molecule has 0 unspecified atom stereocenters. The van der Waals surface area contributed by atoms with Crippen LogP contribution in [0.25, 0.3) is 72.4 Å². The molecular formula is C37H23ClN4. The maximum absolute atomic E-state index is 6.59. The van der Waals surface area contributed by atoms with Gasteiger partial charge in [-0.3, -0.25) is 0 Å². The lowest BCUT2D eigenvalue weighted by Crippen LogP contribution is -2.01. The van der Waals surface area contributed by atoms with Crippen molar-refractivity contribution in [3.8, 4) is 39.9 Å². The molecule has 0 aliphatic rings. The zero-order valence-corrected chi connectivity index (χ0v) is 23.2. The molecule has 0 aliphatic heterocycles. The molecule has 8 rings (SSSR count). The first-order valence-corrected chi connectivity index (χ1v) is 14.2. The van der Waals surface area contributed by atoms with E-state index >= 15 is 0 Å². The van der Waals surface area contributed by atoms with Crippen LogP contribution in [0.3, 0.4) is 0 Å². The highest BCUT2D eigenvalue weighted by Crippen LogP contribution is 2.39. The van der Waals surface area contributed by atoms with Crippen LogP contribution in [-0.4, -0.2) is 19.5 Å². The molecule has 0 atom stereocenters. The number of nitrogens with zero attached hydrogens (tertiary/aromatic N) is 4. The summed E-state index contributed by atoms with van der Waals surface area (Å²) in [6, 6.07) is 47.4. The molecule has 6 aromatic carbocycles. The second kappa shape index (κ2) is 9.95. The number of rotatable bonds is 4. The Bertz CT molecular complexity index is 2260. The van der Waals surface area contributed by atoms with Gasteiger partial charge in [0.15, 0.2) is 17.5 Å². The summed E-state index contributed by atoms with van der Waals surface area (Å²) in [7, 11) is 0. The number of hydrogen-bond donors (Lipinski definition) is 0. The van der Waals surface area contributed by atoms with Crippen molar-refractivity contribution in [2.75, 3.05) is 0 Å². The fourth-order valence-corrected chi connectivity index (χ4v) is 6.08. The van der Waals surface area contributed by atoms with E-state index in [1.54, 1.807) is 0 Å². The van der Waals surface area contributed by atoms with Crippen molar-refractivity contribution in [1.29, 1.82) is 0 Å². The van der Waals surface area contributed by atoms with Crippen molar-refractivity contribution in [3.05, 3.63) is 145 Å². The summed E-state index contributed by atoms with van der Waals surface area (Å²) in [6.07, 6.45) is 0. The van der Waals surface area contributed by atoms with Crippen molar-refractivity contribution >= 4 is 44.2 Å². The molecule has 4 nitrogen and oxygen atoms in total. The molecule has 0 amide bonds. The molecule has 0 bridgehead atoms. The smallest absolute Gasteiger partial charge is 0.164 e. The van der Waals surface area contributed by atoms with Gasteiger partial charge in [-0.1, -0.05) is 115 Å². The molecular weight excluding hydrogens is 536 g/mol. The van der Waals surface area contributed by atoms with Gasteiger partial charge < -0.3 is 4.57 Å². The lowest BCUT2D eigenvalue weighted by molar-refractivity contribution is 1.08. The summed E-state index contributed by atoms with van der Waals surface area (Å²) in [5, 5.41) is 4.92. The van der Waals surface area contributed by atoms with E-state index in [2.05, 4.69) is 77.4 Å². The van der Waals surface area contributed by atoms with Gasteiger partial charge in [0.25, 0.3) is 0 Å². The third-order valence-electron chi connectivity index (χ3n) is 7.73. The van der Waals surface area contributed by atoms with Crippen LogP contribution in [0, 0.1) is 0 Å². The second-order valence-corrected chi connectivity index (χ2v) is 10.6. The SMILES string of the molecule is Clc1ccc(-c2nc(-c3ccccc3)nc(-c3cccc4c3c3ccccc3n4-c3ccccc3)n2)c2ccccc12. The summed E-state index contributed by atoms with van der Waals surface area (Å²) >= 11 is 6.59. The number of fused-ring (bicyclic) bond motifs is 4. The molecule has 0 aliphatic carbocycles. The maximum atomic E-state index is 6.59. The highest BCUT2D eigenvalue weighted by atomic mass is 35.5. The van der Waals surface area contributed by atoms with Crippen LogP contribution in [-0.2, 0) is 0 Å². The Morgan fingerprint density at radius 3 is 1.81 bits per heavy atom. The Balaban J connectivity index is 1.45. The van der Waals surface area contributed by atoms with Gasteiger partial charge in [0.2, 0.25) is 0 Å². The number of hydrogen-bond acceptors (Lipinski definition) is 3. The summed E-state index contributed by atoms with van der Waals surface area (Å²) in [5.41, 5.74) is 6.13. The highest BCUT2D eigenvalue weighted by molar-refractivity contribution is 6.36. The molecule has 8 aromatic rings. The van der Waals surface area contributed by atoms with E-state index in [4.69, 9.17) is 26.6 Å². The molecule has 198 valence electrons. The fourth-order valence-electron chi connectivity index (χ4n) is 5.85. The van der Waals surface area contributed by atoms with E-state index in [1.807, 2.05) is 66.7 Å². The average Bonchev–Trinajstić information content (AvgIpc) is 3.40. The van der Waals surface area contributed by atoms with Crippen molar-refractivity contribution in [2.45, 2.75) is 0 Å². The van der Waals surface area contributed by atoms with Gasteiger partial charge in [-0.15, -0.1) is 0 Å². The number of aromatic nitrogens is 4. The zero-order chi connectivity index (χ0) is 28.0. The molecule has 0 radical (unpaired) electrons. The Kier molecular flexibility index (Phi) is 5.80. The molecule has 0 N–H and O–H groups in total. The Hall–Kier alpha value is -5.32. The predicted molar refractivity (Wildman–Crippen MR) is 173 cm³/mol. The van der Waals surface area contributed by atoms with Gasteiger partial charge in [-0.2, -0.15) is 0 Å². The largest absolute Gasteiger partial charge is 0.309 e. The fraction of sp³-hybridized carbons (Fsp3) is 0. The topological polar surface area (TPSA) is 43.6 Å². The minimum atomic E-state index is 0.607. The lowest BCUT2D eigenvalue weighted by Gasteiger charge is -2.12. The van der Waals surface area contributed by atoms with Crippen LogP contribution in [0.2, 0.25) is 5.02 Å².